The van der Waals surface area contributed by atoms with Crippen LogP contribution in [-0.2, 0) is 31.9 Å². The molecule has 7 heterocycles. The zero-order chi connectivity index (χ0) is 41.7. The fraction of sp³-hybridized carbons (Fsp3) is 0.417. The highest BCUT2D eigenvalue weighted by Crippen LogP contribution is 2.57. The van der Waals surface area contributed by atoms with Crippen molar-refractivity contribution in [2.24, 2.45) is 10.8 Å². The number of methoxy groups -OCH3 is 2. The number of aromatic nitrogens is 2. The smallest absolute Gasteiger partial charge is 0.339 e. The molecule has 10 rings (SSSR count). The van der Waals surface area contributed by atoms with Crippen LogP contribution in [0, 0.1) is 16.6 Å². The molecule has 12 heteroatoms. The summed E-state index contributed by atoms with van der Waals surface area (Å²) >= 11 is 0. The van der Waals surface area contributed by atoms with E-state index in [9.17, 15) is 20.0 Å². The van der Waals surface area contributed by atoms with Gasteiger partial charge in [-0.05, 0) is 98.4 Å². The third kappa shape index (κ3) is 5.53. The lowest BCUT2D eigenvalue weighted by molar-refractivity contribution is -0.203. The summed E-state index contributed by atoms with van der Waals surface area (Å²) < 4.78 is 30.5. The van der Waals surface area contributed by atoms with Gasteiger partial charge < -0.3 is 34.3 Å². The monoisotopic (exact) mass is 813 g/mol. The number of nitrogens with zero attached hydrogens (tertiary/aromatic N) is 4. The molecule has 60 heavy (non-hydrogen) atoms. The summed E-state index contributed by atoms with van der Waals surface area (Å²) in [5.41, 5.74) is 6.59. The van der Waals surface area contributed by atoms with Gasteiger partial charge in [-0.1, -0.05) is 62.4 Å². The Morgan fingerprint density at radius 3 is 1.93 bits per heavy atom. The zero-order valence-corrected chi connectivity index (χ0v) is 34.6. The molecule has 5 aliphatic heterocycles. The molecule has 0 spiro atoms. The summed E-state index contributed by atoms with van der Waals surface area (Å²) in [6.07, 6.45) is 8.66. The maximum absolute atomic E-state index is 15.1. The Kier molecular flexibility index (Phi) is 9.36. The summed E-state index contributed by atoms with van der Waals surface area (Å²) in [6.45, 7) is 5.21. The number of para-hydroxylation sites is 2. The minimum Gasteiger partial charge on any atom is -0.465 e. The molecule has 0 radical (unpaired) electrons. The van der Waals surface area contributed by atoms with Crippen molar-refractivity contribution in [3.63, 3.8) is 0 Å². The number of hydrogen-bond donors (Lipinski definition) is 3. The third-order valence-corrected chi connectivity index (χ3v) is 14.7. The summed E-state index contributed by atoms with van der Waals surface area (Å²) in [5.74, 6) is -1.55. The number of carbonyl (C=O) groups excluding carboxylic acids is 2. The Hall–Kier alpha value is -5.27. The van der Waals surface area contributed by atoms with Gasteiger partial charge in [-0.25, -0.2) is 14.0 Å². The first-order valence-electron chi connectivity index (χ1n) is 21.4. The Morgan fingerprint density at radius 2 is 1.33 bits per heavy atom. The molecule has 0 bridgehead atoms. The van der Waals surface area contributed by atoms with E-state index in [0.29, 0.717) is 61.3 Å². The van der Waals surface area contributed by atoms with Crippen molar-refractivity contribution in [1.29, 1.82) is 0 Å². The molecule has 312 valence electrons. The van der Waals surface area contributed by atoms with E-state index in [4.69, 9.17) is 9.47 Å². The third-order valence-electron chi connectivity index (χ3n) is 14.7. The van der Waals surface area contributed by atoms with Crippen molar-refractivity contribution in [3.05, 3.63) is 113 Å². The van der Waals surface area contributed by atoms with Crippen molar-refractivity contribution in [2.45, 2.75) is 89.5 Å². The van der Waals surface area contributed by atoms with Gasteiger partial charge >= 0.3 is 11.9 Å². The molecule has 6 atom stereocenters. The van der Waals surface area contributed by atoms with Crippen molar-refractivity contribution in [2.75, 3.05) is 32.6 Å². The summed E-state index contributed by atoms with van der Waals surface area (Å²) in [6, 6.07) is 20.8. The first-order valence-corrected chi connectivity index (χ1v) is 21.4. The van der Waals surface area contributed by atoms with Crippen molar-refractivity contribution in [1.82, 2.24) is 19.3 Å². The van der Waals surface area contributed by atoms with E-state index in [1.165, 1.54) is 30.4 Å². The molecule has 2 fully saturated rings. The number of hydroxylamine groups is 4. The minimum atomic E-state index is -0.531. The molecule has 2 saturated heterocycles. The number of esters is 2. The van der Waals surface area contributed by atoms with Crippen LogP contribution in [0.25, 0.3) is 33.0 Å². The second kappa shape index (κ2) is 14.4. The summed E-state index contributed by atoms with van der Waals surface area (Å²) in [7, 11) is 2.82. The topological polar surface area (TPSA) is 121 Å². The van der Waals surface area contributed by atoms with Gasteiger partial charge in [-0.2, -0.15) is 10.1 Å². The van der Waals surface area contributed by atoms with E-state index in [2.05, 4.69) is 64.7 Å². The zero-order valence-electron chi connectivity index (χ0n) is 34.6. The number of carbonyl (C=O) groups is 2. The Balaban J connectivity index is 1.23. The van der Waals surface area contributed by atoms with E-state index in [-0.39, 0.29) is 17.8 Å². The van der Waals surface area contributed by atoms with Crippen LogP contribution in [0.3, 0.4) is 0 Å². The van der Waals surface area contributed by atoms with Gasteiger partial charge in [-0.3, -0.25) is 0 Å². The van der Waals surface area contributed by atoms with E-state index >= 15 is 4.39 Å². The number of nitrogens with one attached hydrogen (secondary N) is 1. The average Bonchev–Trinajstić information content (AvgIpc) is 3.78. The van der Waals surface area contributed by atoms with Crippen molar-refractivity contribution in [3.8, 4) is 0 Å². The Bertz CT molecular complexity index is 2650. The van der Waals surface area contributed by atoms with Gasteiger partial charge in [0, 0.05) is 52.3 Å². The lowest BCUT2D eigenvalue weighted by Gasteiger charge is -2.50. The molecule has 3 aromatic carbocycles. The van der Waals surface area contributed by atoms with E-state index in [0.717, 1.165) is 69.9 Å². The Labute approximate surface area is 348 Å². The highest BCUT2D eigenvalue weighted by Gasteiger charge is 2.52. The predicted molar refractivity (Wildman–Crippen MR) is 227 cm³/mol. The number of halogens is 1. The highest BCUT2D eigenvalue weighted by molar-refractivity contribution is 6.19. The van der Waals surface area contributed by atoms with Crippen LogP contribution in [0.2, 0.25) is 0 Å². The maximum atomic E-state index is 15.1. The first kappa shape index (κ1) is 38.9. The van der Waals surface area contributed by atoms with Gasteiger partial charge in [0.15, 0.2) is 0 Å². The van der Waals surface area contributed by atoms with E-state index in [1.54, 1.807) is 12.1 Å². The van der Waals surface area contributed by atoms with Crippen LogP contribution in [0.1, 0.15) is 98.7 Å². The Morgan fingerprint density at radius 1 is 0.783 bits per heavy atom. The van der Waals surface area contributed by atoms with Crippen molar-refractivity contribution < 1.29 is 33.9 Å². The van der Waals surface area contributed by atoms with Crippen molar-refractivity contribution >= 4 is 50.6 Å². The lowest BCUT2D eigenvalue weighted by atomic mass is 9.70. The van der Waals surface area contributed by atoms with E-state index < -0.39 is 35.1 Å². The van der Waals surface area contributed by atoms with Crippen LogP contribution in [0.5, 0.6) is 0 Å². The van der Waals surface area contributed by atoms with Crippen LogP contribution in [-0.4, -0.2) is 75.0 Å². The van der Waals surface area contributed by atoms with E-state index in [1.807, 2.05) is 24.3 Å². The SMILES string of the molecule is CC[C@]12C=C(C(=O)OC)c3c(C[C@@H]4Nc5ccc(F)cc5C[C@H]4c4c5n(c6ccccc46)[C@H]4N(O)CCC[C@@]4(CC)C=C5C(=O)OC)c4ccccc4n3[C@H]1N(O)CCC2. The number of rotatable bonds is 7. The fourth-order valence-electron chi connectivity index (χ4n) is 12.0. The largest absolute Gasteiger partial charge is 0.465 e. The first-order chi connectivity index (χ1) is 29.1. The fourth-order valence-corrected chi connectivity index (χ4v) is 12.0. The second-order valence-corrected chi connectivity index (χ2v) is 17.5. The maximum Gasteiger partial charge on any atom is 0.339 e. The number of benzene rings is 3. The molecule has 11 nitrogen and oxygen atoms in total. The van der Waals surface area contributed by atoms with Gasteiger partial charge in [-0.15, -0.1) is 0 Å². The number of fused-ring (bicyclic) bond motifs is 11. The minimum absolute atomic E-state index is 0.333. The average molecular weight is 814 g/mol. The number of piperidine rings is 2. The van der Waals surface area contributed by atoms with Crippen LogP contribution in [0.4, 0.5) is 10.1 Å². The van der Waals surface area contributed by atoms with Crippen LogP contribution >= 0.6 is 0 Å². The molecule has 0 saturated carbocycles. The molecule has 2 aromatic heterocycles. The van der Waals surface area contributed by atoms with Gasteiger partial charge in [0.1, 0.15) is 18.1 Å². The van der Waals surface area contributed by atoms with Gasteiger partial charge in [0.25, 0.3) is 0 Å². The molecule has 5 aliphatic rings. The molecule has 5 aromatic rings. The molecule has 0 aliphatic carbocycles. The van der Waals surface area contributed by atoms with Crippen LogP contribution < -0.4 is 5.32 Å². The summed E-state index contributed by atoms with van der Waals surface area (Å²) in [5, 5.41) is 32.1. The predicted octanol–water partition coefficient (Wildman–Crippen LogP) is 9.00. The molecular formula is C48H52FN5O6. The summed E-state index contributed by atoms with van der Waals surface area (Å²) in [4.78, 5) is 28.2. The lowest BCUT2D eigenvalue weighted by Crippen LogP contribution is -2.49. The molecular weight excluding hydrogens is 762 g/mol. The second-order valence-electron chi connectivity index (χ2n) is 17.5. The molecule has 0 amide bonds. The quantitative estimate of drug-likeness (QED) is 0.138. The highest BCUT2D eigenvalue weighted by atomic mass is 19.1. The van der Waals surface area contributed by atoms with Gasteiger partial charge in [0.2, 0.25) is 0 Å². The molecule has 3 N–H and O–H groups in total. The van der Waals surface area contributed by atoms with Gasteiger partial charge in [0.05, 0.1) is 47.8 Å². The van der Waals surface area contributed by atoms with Crippen LogP contribution in [0.15, 0.2) is 78.9 Å². The number of ether oxygens (including phenoxy) is 2. The standard InChI is InChI=1S/C48H52FN5O6/c1-5-47-19-11-21-51(57)45(47)53-38-15-9-7-13-30(38)32(41(53)34(26-47)43(55)59-3)25-37-33(24-28-23-29(49)17-18-36(28)50-37)40-31-14-8-10-16-39(31)54-42(40)35(44(56)60-4)27-48(6-2)20-12-22-52(58)46(48)54/h7-10,13-18,23,26-27,33,37,45-46,50,57-58H,5-6,11-12,19-22,24-25H2,1-4H3/t33-,37+,45-,46-,47+,48+/m1/s1. The normalized spacial score (nSPS) is 27.4. The molecule has 0 unspecified atom stereocenters. The number of hydrogen-bond acceptors (Lipinski definition) is 9. The number of anilines is 1.